The van der Waals surface area contributed by atoms with Crippen LogP contribution < -0.4 is 14.5 Å². The minimum absolute atomic E-state index is 0.0606. The van der Waals surface area contributed by atoms with Crippen molar-refractivity contribution in [3.8, 4) is 5.75 Å². The topological polar surface area (TPSA) is 105 Å². The third kappa shape index (κ3) is 5.05. The van der Waals surface area contributed by atoms with Crippen LogP contribution in [-0.4, -0.2) is 77.2 Å². The summed E-state index contributed by atoms with van der Waals surface area (Å²) in [6.07, 6.45) is 0.816. The van der Waals surface area contributed by atoms with Gasteiger partial charge in [0.1, 0.15) is 11.4 Å². The highest BCUT2D eigenvalue weighted by atomic mass is 32.2. The van der Waals surface area contributed by atoms with Gasteiger partial charge in [0.25, 0.3) is 5.69 Å². The molecular formula is C22H28N4O6S. The van der Waals surface area contributed by atoms with Crippen LogP contribution in [0, 0.1) is 10.1 Å². The van der Waals surface area contributed by atoms with E-state index in [-0.39, 0.29) is 23.7 Å². The van der Waals surface area contributed by atoms with Crippen molar-refractivity contribution < 1.29 is 22.8 Å². The molecule has 2 saturated heterocycles. The molecule has 178 valence electrons. The van der Waals surface area contributed by atoms with Gasteiger partial charge < -0.3 is 19.3 Å². The van der Waals surface area contributed by atoms with Gasteiger partial charge in [-0.3, -0.25) is 10.1 Å². The molecule has 0 atom stereocenters. The predicted molar refractivity (Wildman–Crippen MR) is 125 cm³/mol. The van der Waals surface area contributed by atoms with E-state index in [0.717, 1.165) is 24.4 Å². The van der Waals surface area contributed by atoms with Crippen molar-refractivity contribution in [2.75, 3.05) is 69.4 Å². The van der Waals surface area contributed by atoms with E-state index >= 15 is 0 Å². The lowest BCUT2D eigenvalue weighted by atomic mass is 10.2. The number of benzene rings is 2. The zero-order valence-electron chi connectivity index (χ0n) is 18.6. The highest BCUT2D eigenvalue weighted by Gasteiger charge is 2.30. The summed E-state index contributed by atoms with van der Waals surface area (Å²) in [4.78, 5) is 15.5. The number of hydrogen-bond donors (Lipinski definition) is 0. The first-order valence-corrected chi connectivity index (χ1v) is 12.3. The Morgan fingerprint density at radius 2 is 1.61 bits per heavy atom. The Kier molecular flexibility index (Phi) is 7.01. The van der Waals surface area contributed by atoms with Crippen LogP contribution in [0.4, 0.5) is 17.1 Å². The van der Waals surface area contributed by atoms with Crippen molar-refractivity contribution in [2.24, 2.45) is 0 Å². The van der Waals surface area contributed by atoms with Gasteiger partial charge in [0, 0.05) is 51.0 Å². The molecule has 0 bridgehead atoms. The van der Waals surface area contributed by atoms with Gasteiger partial charge in [0.15, 0.2) is 0 Å². The fourth-order valence-electron chi connectivity index (χ4n) is 4.22. The zero-order chi connectivity index (χ0) is 23.4. The maximum Gasteiger partial charge on any atom is 0.293 e. The summed E-state index contributed by atoms with van der Waals surface area (Å²) < 4.78 is 37.7. The highest BCUT2D eigenvalue weighted by molar-refractivity contribution is 7.89. The van der Waals surface area contributed by atoms with Crippen LogP contribution in [0.3, 0.4) is 0 Å². The first-order valence-electron chi connectivity index (χ1n) is 10.9. The number of morpholine rings is 1. The van der Waals surface area contributed by atoms with Gasteiger partial charge in [-0.25, -0.2) is 8.42 Å². The lowest BCUT2D eigenvalue weighted by molar-refractivity contribution is -0.384. The van der Waals surface area contributed by atoms with Crippen LogP contribution >= 0.6 is 0 Å². The van der Waals surface area contributed by atoms with Crippen molar-refractivity contribution in [3.05, 3.63) is 52.6 Å². The number of nitrogens with zero attached hydrogens (tertiary/aromatic N) is 4. The van der Waals surface area contributed by atoms with Crippen LogP contribution in [0.1, 0.15) is 6.42 Å². The average molecular weight is 477 g/mol. The van der Waals surface area contributed by atoms with Crippen LogP contribution in [0.5, 0.6) is 5.75 Å². The molecule has 2 heterocycles. The van der Waals surface area contributed by atoms with Crippen LogP contribution in [-0.2, 0) is 14.8 Å². The van der Waals surface area contributed by atoms with Gasteiger partial charge in [0.2, 0.25) is 10.0 Å². The number of hydrogen-bond acceptors (Lipinski definition) is 8. The van der Waals surface area contributed by atoms with E-state index in [9.17, 15) is 18.5 Å². The molecule has 2 aliphatic heterocycles. The number of methoxy groups -OCH3 is 1. The van der Waals surface area contributed by atoms with Crippen molar-refractivity contribution in [3.63, 3.8) is 0 Å². The Balaban J connectivity index is 1.55. The Hall–Kier alpha value is -2.89. The van der Waals surface area contributed by atoms with E-state index in [4.69, 9.17) is 9.47 Å². The number of rotatable bonds is 6. The second-order valence-corrected chi connectivity index (χ2v) is 9.89. The van der Waals surface area contributed by atoms with Gasteiger partial charge in [-0.2, -0.15) is 4.31 Å². The van der Waals surface area contributed by atoms with E-state index in [1.54, 1.807) is 13.2 Å². The van der Waals surface area contributed by atoms with Gasteiger partial charge >= 0.3 is 0 Å². The van der Waals surface area contributed by atoms with Crippen molar-refractivity contribution in [2.45, 2.75) is 11.3 Å². The van der Waals surface area contributed by atoms with Crippen LogP contribution in [0.25, 0.3) is 0 Å². The zero-order valence-corrected chi connectivity index (χ0v) is 19.4. The molecule has 0 amide bonds. The molecule has 11 heteroatoms. The molecule has 0 radical (unpaired) electrons. The highest BCUT2D eigenvalue weighted by Crippen LogP contribution is 2.33. The van der Waals surface area contributed by atoms with Gasteiger partial charge in [-0.1, -0.05) is 0 Å². The van der Waals surface area contributed by atoms with Crippen LogP contribution in [0.2, 0.25) is 0 Å². The maximum absolute atomic E-state index is 13.0. The molecule has 2 aromatic carbocycles. The summed E-state index contributed by atoms with van der Waals surface area (Å²) in [5.41, 5.74) is 1.32. The SMILES string of the molecule is COc1ccc(N2CCCN(c3ccc(S(=O)(=O)N4CCOCC4)cc3[N+](=O)[O-])CC2)cc1. The standard InChI is InChI=1S/C22H28N4O6S/c1-31-19-5-3-18(4-6-19)23-9-2-10-24(12-11-23)21-8-7-20(17-22(21)26(27)28)33(29,30)25-13-15-32-16-14-25/h3-8,17H,2,9-16H2,1H3. The Morgan fingerprint density at radius 1 is 0.939 bits per heavy atom. The molecule has 0 aliphatic carbocycles. The number of ether oxygens (including phenoxy) is 2. The third-order valence-electron chi connectivity index (χ3n) is 6.03. The summed E-state index contributed by atoms with van der Waals surface area (Å²) in [5, 5.41) is 11.9. The Morgan fingerprint density at radius 3 is 2.27 bits per heavy atom. The molecule has 2 aromatic rings. The monoisotopic (exact) mass is 476 g/mol. The van der Waals surface area contributed by atoms with E-state index in [0.29, 0.717) is 38.5 Å². The van der Waals surface area contributed by atoms with Crippen molar-refractivity contribution in [1.82, 2.24) is 4.31 Å². The summed E-state index contributed by atoms with van der Waals surface area (Å²) in [7, 11) is -2.18. The Bertz CT molecular complexity index is 1090. The lowest BCUT2D eigenvalue weighted by Crippen LogP contribution is -2.40. The molecule has 0 spiro atoms. The molecule has 0 N–H and O–H groups in total. The lowest BCUT2D eigenvalue weighted by Gasteiger charge is -2.27. The molecule has 0 unspecified atom stereocenters. The molecule has 0 saturated carbocycles. The second-order valence-electron chi connectivity index (χ2n) is 7.95. The number of nitro groups is 1. The quantitative estimate of drug-likeness (QED) is 0.462. The summed E-state index contributed by atoms with van der Waals surface area (Å²) >= 11 is 0. The summed E-state index contributed by atoms with van der Waals surface area (Å²) in [6.45, 7) is 3.86. The first kappa shape index (κ1) is 23.3. The fourth-order valence-corrected chi connectivity index (χ4v) is 5.65. The average Bonchev–Trinajstić information content (AvgIpc) is 3.10. The van der Waals surface area contributed by atoms with Gasteiger partial charge in [0.05, 0.1) is 30.1 Å². The molecule has 2 fully saturated rings. The Labute approximate surface area is 193 Å². The van der Waals surface area contributed by atoms with E-state index in [2.05, 4.69) is 4.90 Å². The van der Waals surface area contributed by atoms with Crippen molar-refractivity contribution >= 4 is 27.1 Å². The third-order valence-corrected chi connectivity index (χ3v) is 7.92. The minimum atomic E-state index is -3.81. The smallest absolute Gasteiger partial charge is 0.293 e. The number of nitro benzene ring substituents is 1. The summed E-state index contributed by atoms with van der Waals surface area (Å²) in [5.74, 6) is 0.790. The largest absolute Gasteiger partial charge is 0.497 e. The molecule has 0 aromatic heterocycles. The van der Waals surface area contributed by atoms with E-state index < -0.39 is 14.9 Å². The van der Waals surface area contributed by atoms with E-state index in [1.165, 1.54) is 16.4 Å². The minimum Gasteiger partial charge on any atom is -0.497 e. The fraction of sp³-hybridized carbons (Fsp3) is 0.455. The van der Waals surface area contributed by atoms with Gasteiger partial charge in [-0.05, 0) is 42.8 Å². The molecule has 33 heavy (non-hydrogen) atoms. The normalized spacial score (nSPS) is 18.1. The van der Waals surface area contributed by atoms with Crippen molar-refractivity contribution in [1.29, 1.82) is 0 Å². The maximum atomic E-state index is 13.0. The molecule has 2 aliphatic rings. The number of anilines is 2. The van der Waals surface area contributed by atoms with Crippen LogP contribution in [0.15, 0.2) is 47.4 Å². The van der Waals surface area contributed by atoms with Gasteiger partial charge in [-0.15, -0.1) is 0 Å². The number of sulfonamides is 1. The predicted octanol–water partition coefficient (Wildman–Crippen LogP) is 2.34. The second kappa shape index (κ2) is 9.94. The first-order chi connectivity index (χ1) is 15.9. The molecule has 4 rings (SSSR count). The summed E-state index contributed by atoms with van der Waals surface area (Å²) in [6, 6.07) is 12.1. The molecular weight excluding hydrogens is 448 g/mol. The molecule has 10 nitrogen and oxygen atoms in total. The van der Waals surface area contributed by atoms with E-state index in [1.807, 2.05) is 29.2 Å².